The van der Waals surface area contributed by atoms with Crippen LogP contribution in [0.2, 0.25) is 5.02 Å². The number of benzene rings is 1. The lowest BCUT2D eigenvalue weighted by molar-refractivity contribution is 0.515. The minimum absolute atomic E-state index is 0.691. The van der Waals surface area contributed by atoms with E-state index in [9.17, 15) is 0 Å². The predicted molar refractivity (Wildman–Crippen MR) is 66.5 cm³/mol. The molecule has 0 fully saturated rings. The molecule has 1 aromatic carbocycles. The fraction of sp³-hybridized carbons (Fsp3) is 0.231. The number of nitrogens with two attached hydrogens (primary N) is 1. The summed E-state index contributed by atoms with van der Waals surface area (Å²) in [7, 11) is 0. The molecule has 1 heterocycles. The summed E-state index contributed by atoms with van der Waals surface area (Å²) in [5.74, 6) is 1.86. The Morgan fingerprint density at radius 2 is 1.81 bits per heavy atom. The van der Waals surface area contributed by atoms with Gasteiger partial charge in [0.25, 0.3) is 0 Å². The van der Waals surface area contributed by atoms with Crippen LogP contribution in [0.1, 0.15) is 12.2 Å². The lowest BCUT2D eigenvalue weighted by Crippen LogP contribution is -1.99. The molecule has 0 saturated carbocycles. The van der Waals surface area contributed by atoms with E-state index in [-0.39, 0.29) is 0 Å². The van der Waals surface area contributed by atoms with Crippen LogP contribution in [-0.2, 0) is 6.42 Å². The summed E-state index contributed by atoms with van der Waals surface area (Å²) in [5, 5.41) is 0.735. The van der Waals surface area contributed by atoms with Gasteiger partial charge in [-0.3, -0.25) is 0 Å². The number of rotatable bonds is 4. The van der Waals surface area contributed by atoms with Crippen LogP contribution in [0.5, 0.6) is 0 Å². The van der Waals surface area contributed by atoms with E-state index in [0.29, 0.717) is 6.54 Å². The van der Waals surface area contributed by atoms with Crippen LogP contribution in [0.4, 0.5) is 0 Å². The van der Waals surface area contributed by atoms with Gasteiger partial charge in [-0.1, -0.05) is 11.6 Å². The number of hydrogen-bond acceptors (Lipinski definition) is 2. The summed E-state index contributed by atoms with van der Waals surface area (Å²) < 4.78 is 5.71. The normalized spacial score (nSPS) is 10.6. The molecule has 2 nitrogen and oxygen atoms in total. The van der Waals surface area contributed by atoms with Gasteiger partial charge in [0, 0.05) is 17.0 Å². The van der Waals surface area contributed by atoms with Crippen LogP contribution < -0.4 is 5.73 Å². The summed E-state index contributed by atoms with van der Waals surface area (Å²) in [5.41, 5.74) is 6.50. The van der Waals surface area contributed by atoms with Crippen LogP contribution >= 0.6 is 11.6 Å². The molecule has 0 spiro atoms. The third-order valence-corrected chi connectivity index (χ3v) is 2.67. The van der Waals surface area contributed by atoms with E-state index in [1.54, 1.807) is 0 Å². The Labute approximate surface area is 100 Å². The molecule has 0 bridgehead atoms. The topological polar surface area (TPSA) is 39.2 Å². The molecule has 0 saturated heterocycles. The highest BCUT2D eigenvalue weighted by Crippen LogP contribution is 2.24. The second-order valence-electron chi connectivity index (χ2n) is 3.67. The largest absolute Gasteiger partial charge is 0.461 e. The van der Waals surface area contributed by atoms with E-state index >= 15 is 0 Å². The number of halogens is 1. The van der Waals surface area contributed by atoms with Gasteiger partial charge in [0.15, 0.2) is 0 Å². The number of aryl methyl sites for hydroxylation is 1. The van der Waals surface area contributed by atoms with Crippen molar-refractivity contribution in [3.63, 3.8) is 0 Å². The van der Waals surface area contributed by atoms with Crippen molar-refractivity contribution in [3.8, 4) is 11.3 Å². The maximum Gasteiger partial charge on any atom is 0.134 e. The Balaban J connectivity index is 2.15. The monoisotopic (exact) mass is 235 g/mol. The van der Waals surface area contributed by atoms with Crippen molar-refractivity contribution < 1.29 is 4.42 Å². The van der Waals surface area contributed by atoms with Gasteiger partial charge < -0.3 is 10.2 Å². The lowest BCUT2D eigenvalue weighted by atomic mass is 10.2. The lowest BCUT2D eigenvalue weighted by Gasteiger charge is -1.97. The number of furan rings is 1. The molecule has 0 amide bonds. The molecule has 3 heteroatoms. The Morgan fingerprint density at radius 1 is 1.06 bits per heavy atom. The zero-order chi connectivity index (χ0) is 11.4. The standard InChI is InChI=1S/C13H14ClNO/c14-11-5-3-10(4-6-11)13-8-7-12(16-13)2-1-9-15/h3-8H,1-2,9,15H2. The zero-order valence-electron chi connectivity index (χ0n) is 8.95. The molecule has 16 heavy (non-hydrogen) atoms. The molecule has 0 aliphatic rings. The highest BCUT2D eigenvalue weighted by atomic mass is 35.5. The van der Waals surface area contributed by atoms with Gasteiger partial charge in [-0.25, -0.2) is 0 Å². The molecule has 2 rings (SSSR count). The van der Waals surface area contributed by atoms with Gasteiger partial charge in [0.1, 0.15) is 11.5 Å². The third kappa shape index (κ3) is 2.65. The van der Waals surface area contributed by atoms with Crippen LogP contribution in [-0.4, -0.2) is 6.54 Å². The highest BCUT2D eigenvalue weighted by Gasteiger charge is 2.04. The Hall–Kier alpha value is -1.25. The first-order valence-corrected chi connectivity index (χ1v) is 5.72. The van der Waals surface area contributed by atoms with Crippen molar-refractivity contribution in [2.45, 2.75) is 12.8 Å². The van der Waals surface area contributed by atoms with Crippen molar-refractivity contribution in [1.29, 1.82) is 0 Å². The maximum atomic E-state index is 5.83. The van der Waals surface area contributed by atoms with Gasteiger partial charge >= 0.3 is 0 Å². The fourth-order valence-electron chi connectivity index (χ4n) is 1.56. The minimum atomic E-state index is 0.691. The molecule has 0 unspecified atom stereocenters. The summed E-state index contributed by atoms with van der Waals surface area (Å²) in [6.07, 6.45) is 1.84. The summed E-state index contributed by atoms with van der Waals surface area (Å²) in [6, 6.07) is 11.6. The maximum absolute atomic E-state index is 5.83. The van der Waals surface area contributed by atoms with Gasteiger partial charge in [0.05, 0.1) is 0 Å². The van der Waals surface area contributed by atoms with Crippen molar-refractivity contribution in [2.24, 2.45) is 5.73 Å². The fourth-order valence-corrected chi connectivity index (χ4v) is 1.68. The summed E-state index contributed by atoms with van der Waals surface area (Å²) in [6.45, 7) is 0.691. The van der Waals surface area contributed by atoms with E-state index in [2.05, 4.69) is 0 Å². The quantitative estimate of drug-likeness (QED) is 0.881. The molecule has 1 aromatic heterocycles. The van der Waals surface area contributed by atoms with Gasteiger partial charge in [-0.2, -0.15) is 0 Å². The van der Waals surface area contributed by atoms with E-state index in [4.69, 9.17) is 21.8 Å². The molecule has 2 aromatic rings. The smallest absolute Gasteiger partial charge is 0.134 e. The third-order valence-electron chi connectivity index (χ3n) is 2.42. The zero-order valence-corrected chi connectivity index (χ0v) is 9.70. The van der Waals surface area contributed by atoms with Crippen molar-refractivity contribution >= 4 is 11.6 Å². The number of hydrogen-bond donors (Lipinski definition) is 1. The van der Waals surface area contributed by atoms with Crippen molar-refractivity contribution in [3.05, 3.63) is 47.2 Å². The van der Waals surface area contributed by atoms with Gasteiger partial charge in [-0.15, -0.1) is 0 Å². The summed E-state index contributed by atoms with van der Waals surface area (Å²) >= 11 is 5.83. The average Bonchev–Trinajstić information content (AvgIpc) is 2.76. The average molecular weight is 236 g/mol. The first-order valence-electron chi connectivity index (χ1n) is 5.34. The van der Waals surface area contributed by atoms with E-state index < -0.39 is 0 Å². The first-order chi connectivity index (χ1) is 7.79. The van der Waals surface area contributed by atoms with E-state index in [1.165, 1.54) is 0 Å². The van der Waals surface area contributed by atoms with Crippen LogP contribution in [0, 0.1) is 0 Å². The van der Waals surface area contributed by atoms with Crippen LogP contribution in [0.25, 0.3) is 11.3 Å². The molecule has 0 radical (unpaired) electrons. The molecule has 0 aliphatic heterocycles. The van der Waals surface area contributed by atoms with E-state index in [1.807, 2.05) is 36.4 Å². The van der Waals surface area contributed by atoms with Crippen molar-refractivity contribution in [2.75, 3.05) is 6.54 Å². The second kappa shape index (κ2) is 5.19. The van der Waals surface area contributed by atoms with Crippen LogP contribution in [0.3, 0.4) is 0 Å². The molecular weight excluding hydrogens is 222 g/mol. The minimum Gasteiger partial charge on any atom is -0.461 e. The highest BCUT2D eigenvalue weighted by molar-refractivity contribution is 6.30. The predicted octanol–water partition coefficient (Wildman–Crippen LogP) is 3.49. The summed E-state index contributed by atoms with van der Waals surface area (Å²) in [4.78, 5) is 0. The molecular formula is C13H14ClNO. The molecule has 0 aliphatic carbocycles. The second-order valence-corrected chi connectivity index (χ2v) is 4.10. The van der Waals surface area contributed by atoms with Gasteiger partial charge in [-0.05, 0) is 49.4 Å². The molecule has 0 atom stereocenters. The first kappa shape index (κ1) is 11.2. The Bertz CT molecular complexity index is 447. The van der Waals surface area contributed by atoms with E-state index in [0.717, 1.165) is 34.9 Å². The molecule has 84 valence electrons. The van der Waals surface area contributed by atoms with Crippen molar-refractivity contribution in [1.82, 2.24) is 0 Å². The SMILES string of the molecule is NCCCc1ccc(-c2ccc(Cl)cc2)o1. The molecule has 2 N–H and O–H groups in total. The van der Waals surface area contributed by atoms with Crippen LogP contribution in [0.15, 0.2) is 40.8 Å². The Kier molecular flexibility index (Phi) is 3.65. The van der Waals surface area contributed by atoms with Gasteiger partial charge in [0.2, 0.25) is 0 Å². The Morgan fingerprint density at radius 3 is 2.50 bits per heavy atom.